The first kappa shape index (κ1) is 65.7. The monoisotopic (exact) mass is 962 g/mol. The first-order valence-electron chi connectivity index (χ1n) is 28.2. The Balaban J connectivity index is 4.34. The van der Waals surface area contributed by atoms with Crippen LogP contribution in [0.2, 0.25) is 0 Å². The van der Waals surface area contributed by atoms with Crippen molar-refractivity contribution in [2.75, 3.05) is 65.9 Å². The van der Waals surface area contributed by atoms with E-state index in [0.717, 1.165) is 90.1 Å². The highest BCUT2D eigenvalue weighted by molar-refractivity contribution is 5.69. The van der Waals surface area contributed by atoms with Gasteiger partial charge in [-0.1, -0.05) is 179 Å². The van der Waals surface area contributed by atoms with Gasteiger partial charge >= 0.3 is 11.9 Å². The molecule has 0 aliphatic rings. The van der Waals surface area contributed by atoms with Gasteiger partial charge in [0.1, 0.15) is 0 Å². The molecule has 0 aromatic rings. The zero-order valence-electron chi connectivity index (χ0n) is 44.6. The molecule has 0 amide bonds. The smallest absolute Gasteiger partial charge is 0.305 e. The zero-order chi connectivity index (χ0) is 49.5. The van der Waals surface area contributed by atoms with Crippen LogP contribution in [0.1, 0.15) is 233 Å². The van der Waals surface area contributed by atoms with E-state index in [0.29, 0.717) is 59.0 Å². The van der Waals surface area contributed by atoms with Crippen LogP contribution in [0, 0.1) is 0 Å². The number of unbranched alkanes of at least 4 members (excludes halogenated alkanes) is 22. The maximum Gasteiger partial charge on any atom is 0.305 e. The normalized spacial score (nSPS) is 12.2. The topological polar surface area (TPSA) is 113 Å². The van der Waals surface area contributed by atoms with Crippen molar-refractivity contribution in [1.29, 1.82) is 0 Å². The standard InChI is InChI=1S/C58H107NO9/c1-5-9-13-17-21-27-37-51-65-57(66-52-38-28-22-18-14-10-6-2)43-41-55(61)63-49-35-31-25-33-45-59(47-48-60)46-34-26-32-36-50-64-56(62)42-44-58(67-53-39-29-23-19-15-11-7-3)68-54-40-30-24-20-16-12-8-4/h27-30,37-40,57-58,60H,5-26,31-36,41-54H2,1-4H3/b37-27-,38-28-,39-29-,40-30-. The average molecular weight is 962 g/mol. The van der Waals surface area contributed by atoms with Crippen molar-refractivity contribution in [2.24, 2.45) is 0 Å². The van der Waals surface area contributed by atoms with E-state index in [2.05, 4.69) is 81.2 Å². The number of carbonyl (C=O) groups excluding carboxylic acids is 2. The molecule has 0 aromatic heterocycles. The maximum atomic E-state index is 12.6. The Labute approximate surface area is 418 Å². The lowest BCUT2D eigenvalue weighted by Crippen LogP contribution is -2.29. The average Bonchev–Trinajstić information content (AvgIpc) is 3.34. The van der Waals surface area contributed by atoms with E-state index in [4.69, 9.17) is 28.4 Å². The Morgan fingerprint density at radius 3 is 1.01 bits per heavy atom. The molecule has 0 aliphatic heterocycles. The Morgan fingerprint density at radius 1 is 0.397 bits per heavy atom. The highest BCUT2D eigenvalue weighted by atomic mass is 16.7. The van der Waals surface area contributed by atoms with Gasteiger partial charge in [0.15, 0.2) is 12.6 Å². The number of carbonyl (C=O) groups is 2. The predicted octanol–water partition coefficient (Wildman–Crippen LogP) is 14.9. The molecule has 0 spiro atoms. The van der Waals surface area contributed by atoms with Crippen molar-refractivity contribution in [3.8, 4) is 0 Å². The molecule has 10 heteroatoms. The Bertz CT molecular complexity index is 1040. The molecule has 68 heavy (non-hydrogen) atoms. The molecule has 0 fully saturated rings. The molecule has 0 radical (unpaired) electrons. The van der Waals surface area contributed by atoms with E-state index < -0.39 is 12.6 Å². The van der Waals surface area contributed by atoms with Crippen molar-refractivity contribution in [3.63, 3.8) is 0 Å². The van der Waals surface area contributed by atoms with Gasteiger partial charge in [0.05, 0.1) is 59.1 Å². The lowest BCUT2D eigenvalue weighted by atomic mass is 10.1. The zero-order valence-corrected chi connectivity index (χ0v) is 44.6. The van der Waals surface area contributed by atoms with Crippen LogP contribution in [-0.2, 0) is 38.0 Å². The van der Waals surface area contributed by atoms with Gasteiger partial charge in [-0.3, -0.25) is 9.59 Å². The number of aliphatic hydroxyl groups is 1. The summed E-state index contributed by atoms with van der Waals surface area (Å²) in [6.07, 6.45) is 49.7. The summed E-state index contributed by atoms with van der Waals surface area (Å²) in [4.78, 5) is 27.5. The second-order valence-corrected chi connectivity index (χ2v) is 18.4. The Hall–Kier alpha value is -2.34. The second kappa shape index (κ2) is 55.6. The number of allylic oxidation sites excluding steroid dienone is 4. The molecule has 0 rings (SSSR count). The summed E-state index contributed by atoms with van der Waals surface area (Å²) < 4.78 is 35.1. The number of rotatable bonds is 54. The molecule has 0 heterocycles. The number of aliphatic hydroxyl groups excluding tert-OH is 1. The van der Waals surface area contributed by atoms with Gasteiger partial charge in [0.2, 0.25) is 0 Å². The second-order valence-electron chi connectivity index (χ2n) is 18.4. The van der Waals surface area contributed by atoms with Crippen LogP contribution < -0.4 is 0 Å². The van der Waals surface area contributed by atoms with Crippen LogP contribution in [0.5, 0.6) is 0 Å². The molecule has 398 valence electrons. The van der Waals surface area contributed by atoms with Crippen molar-refractivity contribution in [2.45, 2.75) is 246 Å². The van der Waals surface area contributed by atoms with Crippen LogP contribution in [0.4, 0.5) is 0 Å². The fourth-order valence-corrected chi connectivity index (χ4v) is 7.63. The van der Waals surface area contributed by atoms with Crippen molar-refractivity contribution < 1.29 is 43.1 Å². The van der Waals surface area contributed by atoms with Crippen LogP contribution in [0.3, 0.4) is 0 Å². The van der Waals surface area contributed by atoms with E-state index in [-0.39, 0.29) is 31.4 Å². The molecule has 0 saturated carbocycles. The van der Waals surface area contributed by atoms with E-state index in [9.17, 15) is 14.7 Å². The number of hydrogen-bond acceptors (Lipinski definition) is 10. The lowest BCUT2D eigenvalue weighted by Gasteiger charge is -2.21. The maximum absolute atomic E-state index is 12.6. The molecular formula is C58H107NO9. The third-order valence-electron chi connectivity index (χ3n) is 11.9. The minimum Gasteiger partial charge on any atom is -0.466 e. The quantitative estimate of drug-likeness (QED) is 0.0274. The van der Waals surface area contributed by atoms with Crippen molar-refractivity contribution in [1.82, 2.24) is 4.90 Å². The minimum absolute atomic E-state index is 0.150. The summed E-state index contributed by atoms with van der Waals surface area (Å²) in [7, 11) is 0. The first-order chi connectivity index (χ1) is 33.5. The van der Waals surface area contributed by atoms with Gasteiger partial charge in [-0.05, 0) is 90.1 Å². The SMILES string of the molecule is CCCCCC/C=C\COC(CCC(=O)OCCCCCCN(CCO)CCCCCCOC(=O)CCC(OC/C=C\CCCCCC)OC/C=C\CCCCCC)OC/C=C\CCCCCC. The number of ether oxygens (including phenoxy) is 6. The molecule has 0 aliphatic carbocycles. The molecule has 1 N–H and O–H groups in total. The van der Waals surface area contributed by atoms with Gasteiger partial charge in [-0.25, -0.2) is 0 Å². The summed E-state index contributed by atoms with van der Waals surface area (Å²) in [6.45, 7) is 14.4. The van der Waals surface area contributed by atoms with Crippen LogP contribution >= 0.6 is 0 Å². The van der Waals surface area contributed by atoms with Crippen LogP contribution in [0.15, 0.2) is 48.6 Å². The highest BCUT2D eigenvalue weighted by Crippen LogP contribution is 2.13. The van der Waals surface area contributed by atoms with Gasteiger partial charge in [0, 0.05) is 19.4 Å². The molecule has 0 saturated heterocycles. The van der Waals surface area contributed by atoms with Gasteiger partial charge < -0.3 is 38.4 Å². The van der Waals surface area contributed by atoms with Gasteiger partial charge in [-0.2, -0.15) is 0 Å². The highest BCUT2D eigenvalue weighted by Gasteiger charge is 2.14. The third-order valence-corrected chi connectivity index (χ3v) is 11.9. The number of hydrogen-bond donors (Lipinski definition) is 1. The van der Waals surface area contributed by atoms with Gasteiger partial charge in [-0.15, -0.1) is 0 Å². The molecular weight excluding hydrogens is 855 g/mol. The molecule has 0 aromatic carbocycles. The Morgan fingerprint density at radius 2 is 0.706 bits per heavy atom. The fraction of sp³-hybridized carbons (Fsp3) is 0.828. The minimum atomic E-state index is -0.440. The third kappa shape index (κ3) is 50.1. The molecule has 0 unspecified atom stereocenters. The molecule has 10 nitrogen and oxygen atoms in total. The summed E-state index contributed by atoms with van der Waals surface area (Å²) in [5.74, 6) is -0.406. The molecule has 0 bridgehead atoms. The summed E-state index contributed by atoms with van der Waals surface area (Å²) >= 11 is 0. The number of nitrogens with zero attached hydrogens (tertiary/aromatic N) is 1. The summed E-state index contributed by atoms with van der Waals surface area (Å²) in [5.41, 5.74) is 0. The van der Waals surface area contributed by atoms with E-state index in [1.165, 1.54) is 103 Å². The summed E-state index contributed by atoms with van der Waals surface area (Å²) in [6, 6.07) is 0. The van der Waals surface area contributed by atoms with E-state index in [1.807, 2.05) is 0 Å². The van der Waals surface area contributed by atoms with Crippen molar-refractivity contribution >= 4 is 11.9 Å². The lowest BCUT2D eigenvalue weighted by molar-refractivity contribution is -0.153. The fourth-order valence-electron chi connectivity index (χ4n) is 7.63. The number of esters is 2. The first-order valence-corrected chi connectivity index (χ1v) is 28.2. The Kier molecular flexibility index (Phi) is 53.7. The summed E-state index contributed by atoms with van der Waals surface area (Å²) in [5, 5.41) is 9.65. The molecule has 0 atom stereocenters. The van der Waals surface area contributed by atoms with E-state index >= 15 is 0 Å². The van der Waals surface area contributed by atoms with Crippen LogP contribution in [0.25, 0.3) is 0 Å². The largest absolute Gasteiger partial charge is 0.466 e. The van der Waals surface area contributed by atoms with E-state index in [1.54, 1.807) is 0 Å². The predicted molar refractivity (Wildman–Crippen MR) is 284 cm³/mol. The van der Waals surface area contributed by atoms with Crippen molar-refractivity contribution in [3.05, 3.63) is 48.6 Å². The van der Waals surface area contributed by atoms with Gasteiger partial charge in [0.25, 0.3) is 0 Å². The van der Waals surface area contributed by atoms with Crippen LogP contribution in [-0.4, -0.2) is 100 Å².